The van der Waals surface area contributed by atoms with Crippen LogP contribution in [0.5, 0.6) is 0 Å². The van der Waals surface area contributed by atoms with Crippen molar-refractivity contribution in [1.82, 2.24) is 9.97 Å². The van der Waals surface area contributed by atoms with Gasteiger partial charge in [-0.15, -0.1) is 0 Å². The first-order valence-electron chi connectivity index (χ1n) is 7.07. The molecule has 0 atom stereocenters. The maximum Gasteiger partial charge on any atom is 0.308 e. The molecule has 0 unspecified atom stereocenters. The fourth-order valence-corrected chi connectivity index (χ4v) is 3.32. The van der Waals surface area contributed by atoms with Gasteiger partial charge in [0.05, 0.1) is 18.7 Å². The van der Waals surface area contributed by atoms with Crippen molar-refractivity contribution in [2.24, 2.45) is 5.92 Å². The molecule has 0 bridgehead atoms. The predicted octanol–water partition coefficient (Wildman–Crippen LogP) is 2.01. The number of carbonyl (C=O) groups excluding carboxylic acids is 1. The summed E-state index contributed by atoms with van der Waals surface area (Å²) in [6.45, 7) is 1.64. The Balaban J connectivity index is 1.77. The fraction of sp³-hybridized carbons (Fsp3) is 0.643. The maximum absolute atomic E-state index is 11.6. The SMILES string of the molecule is COC(=O)C1CCN(c2nc(Cl)nc3c2CCC3)CC1. The molecule has 20 heavy (non-hydrogen) atoms. The molecular formula is C14H18ClN3O2. The summed E-state index contributed by atoms with van der Waals surface area (Å²) in [5.41, 5.74) is 2.33. The minimum Gasteiger partial charge on any atom is -0.469 e. The zero-order chi connectivity index (χ0) is 14.1. The summed E-state index contributed by atoms with van der Waals surface area (Å²) in [4.78, 5) is 22.5. The Kier molecular flexibility index (Phi) is 3.78. The van der Waals surface area contributed by atoms with Crippen LogP contribution >= 0.6 is 11.6 Å². The van der Waals surface area contributed by atoms with Crippen LogP contribution in [0.2, 0.25) is 5.28 Å². The van der Waals surface area contributed by atoms with E-state index in [1.807, 2.05) is 0 Å². The van der Waals surface area contributed by atoms with Gasteiger partial charge in [0.15, 0.2) is 0 Å². The number of hydrogen-bond donors (Lipinski definition) is 0. The summed E-state index contributed by atoms with van der Waals surface area (Å²) in [5, 5.41) is 0.329. The molecule has 0 saturated carbocycles. The Labute approximate surface area is 123 Å². The van der Waals surface area contributed by atoms with E-state index in [1.165, 1.54) is 12.7 Å². The lowest BCUT2D eigenvalue weighted by Gasteiger charge is -2.32. The van der Waals surface area contributed by atoms with E-state index < -0.39 is 0 Å². The van der Waals surface area contributed by atoms with Crippen LogP contribution in [0.3, 0.4) is 0 Å². The standard InChI is InChI=1S/C14H18ClN3O2/c1-20-13(19)9-5-7-18(8-6-9)12-10-3-2-4-11(10)16-14(15)17-12/h9H,2-8H2,1H3. The van der Waals surface area contributed by atoms with E-state index in [2.05, 4.69) is 14.9 Å². The molecular weight excluding hydrogens is 278 g/mol. The molecule has 1 aliphatic heterocycles. The minimum absolute atomic E-state index is 0.0154. The van der Waals surface area contributed by atoms with E-state index in [4.69, 9.17) is 16.3 Å². The van der Waals surface area contributed by atoms with E-state index in [9.17, 15) is 4.79 Å². The van der Waals surface area contributed by atoms with E-state index in [0.29, 0.717) is 5.28 Å². The molecule has 0 amide bonds. The number of piperidine rings is 1. The van der Waals surface area contributed by atoms with Crippen molar-refractivity contribution >= 4 is 23.4 Å². The smallest absolute Gasteiger partial charge is 0.308 e. The first-order valence-corrected chi connectivity index (χ1v) is 7.45. The number of carbonyl (C=O) groups is 1. The lowest BCUT2D eigenvalue weighted by atomic mass is 9.96. The van der Waals surface area contributed by atoms with Crippen molar-refractivity contribution in [2.45, 2.75) is 32.1 Å². The quantitative estimate of drug-likeness (QED) is 0.617. The number of anilines is 1. The van der Waals surface area contributed by atoms with Crippen LogP contribution in [0, 0.1) is 5.92 Å². The Morgan fingerprint density at radius 1 is 1.30 bits per heavy atom. The van der Waals surface area contributed by atoms with Gasteiger partial charge < -0.3 is 9.64 Å². The number of nitrogens with zero attached hydrogens (tertiary/aromatic N) is 3. The van der Waals surface area contributed by atoms with Gasteiger partial charge in [0.2, 0.25) is 5.28 Å². The second kappa shape index (κ2) is 5.56. The van der Waals surface area contributed by atoms with Gasteiger partial charge in [-0.1, -0.05) is 0 Å². The van der Waals surface area contributed by atoms with Gasteiger partial charge in [0.1, 0.15) is 5.82 Å². The molecule has 1 aliphatic carbocycles. The first-order chi connectivity index (χ1) is 9.69. The average molecular weight is 296 g/mol. The van der Waals surface area contributed by atoms with Crippen LogP contribution in [0.25, 0.3) is 0 Å². The Morgan fingerprint density at radius 3 is 2.75 bits per heavy atom. The molecule has 1 aromatic heterocycles. The Morgan fingerprint density at radius 2 is 2.05 bits per heavy atom. The summed E-state index contributed by atoms with van der Waals surface area (Å²) < 4.78 is 4.82. The van der Waals surface area contributed by atoms with Crippen LogP contribution in [0.1, 0.15) is 30.5 Å². The molecule has 1 saturated heterocycles. The highest BCUT2D eigenvalue weighted by atomic mass is 35.5. The second-order valence-corrected chi connectivity index (χ2v) is 5.72. The summed E-state index contributed by atoms with van der Waals surface area (Å²) >= 11 is 6.03. The van der Waals surface area contributed by atoms with Crippen LogP contribution in [-0.2, 0) is 22.4 Å². The summed E-state index contributed by atoms with van der Waals surface area (Å²) in [6.07, 6.45) is 4.75. The number of methoxy groups -OCH3 is 1. The summed E-state index contributed by atoms with van der Waals surface area (Å²) in [7, 11) is 1.45. The second-order valence-electron chi connectivity index (χ2n) is 5.38. The average Bonchev–Trinajstić information content (AvgIpc) is 2.94. The van der Waals surface area contributed by atoms with Crippen LogP contribution in [0.15, 0.2) is 0 Å². The minimum atomic E-state index is -0.101. The third kappa shape index (κ3) is 2.46. The van der Waals surface area contributed by atoms with Gasteiger partial charge in [0.25, 0.3) is 0 Å². The largest absolute Gasteiger partial charge is 0.469 e. The van der Waals surface area contributed by atoms with Crippen molar-refractivity contribution in [3.63, 3.8) is 0 Å². The van der Waals surface area contributed by atoms with Gasteiger partial charge in [-0.05, 0) is 43.7 Å². The van der Waals surface area contributed by atoms with Gasteiger partial charge in [-0.2, -0.15) is 0 Å². The molecule has 6 heteroatoms. The Bertz CT molecular complexity index is 527. The fourth-order valence-electron chi connectivity index (χ4n) is 3.14. The molecule has 108 valence electrons. The Hall–Kier alpha value is -1.36. The van der Waals surface area contributed by atoms with Gasteiger partial charge >= 0.3 is 5.97 Å². The number of esters is 1. The van der Waals surface area contributed by atoms with Crippen LogP contribution in [0.4, 0.5) is 5.82 Å². The third-order valence-electron chi connectivity index (χ3n) is 4.21. The molecule has 0 radical (unpaired) electrons. The molecule has 0 aromatic carbocycles. The molecule has 1 aromatic rings. The normalized spacial score (nSPS) is 19.0. The summed E-state index contributed by atoms with van der Waals surface area (Å²) in [5.74, 6) is 0.887. The highest BCUT2D eigenvalue weighted by molar-refractivity contribution is 6.28. The topological polar surface area (TPSA) is 55.3 Å². The molecule has 5 nitrogen and oxygen atoms in total. The van der Waals surface area contributed by atoms with E-state index in [0.717, 1.165) is 56.7 Å². The van der Waals surface area contributed by atoms with Crippen molar-refractivity contribution in [1.29, 1.82) is 0 Å². The van der Waals surface area contributed by atoms with Crippen LogP contribution < -0.4 is 4.90 Å². The number of rotatable bonds is 2. The van der Waals surface area contributed by atoms with E-state index in [1.54, 1.807) is 0 Å². The van der Waals surface area contributed by atoms with Crippen LogP contribution in [-0.4, -0.2) is 36.1 Å². The summed E-state index contributed by atoms with van der Waals surface area (Å²) in [6, 6.07) is 0. The zero-order valence-electron chi connectivity index (χ0n) is 11.6. The van der Waals surface area contributed by atoms with Gasteiger partial charge in [-0.3, -0.25) is 4.79 Å². The lowest BCUT2D eigenvalue weighted by molar-refractivity contribution is -0.146. The number of fused-ring (bicyclic) bond motifs is 1. The van der Waals surface area contributed by atoms with Crippen molar-refractivity contribution < 1.29 is 9.53 Å². The third-order valence-corrected chi connectivity index (χ3v) is 4.38. The highest BCUT2D eigenvalue weighted by Crippen LogP contribution is 2.32. The first kappa shape index (κ1) is 13.6. The number of aryl methyl sites for hydroxylation is 1. The number of ether oxygens (including phenoxy) is 1. The van der Waals surface area contributed by atoms with Gasteiger partial charge in [0, 0.05) is 18.7 Å². The van der Waals surface area contributed by atoms with E-state index >= 15 is 0 Å². The monoisotopic (exact) mass is 295 g/mol. The number of halogens is 1. The van der Waals surface area contributed by atoms with Gasteiger partial charge in [-0.25, -0.2) is 9.97 Å². The van der Waals surface area contributed by atoms with Crippen molar-refractivity contribution in [2.75, 3.05) is 25.1 Å². The molecule has 1 fully saturated rings. The molecule has 0 N–H and O–H groups in total. The molecule has 0 spiro atoms. The molecule has 3 rings (SSSR count). The maximum atomic E-state index is 11.6. The van der Waals surface area contributed by atoms with Crippen molar-refractivity contribution in [3.8, 4) is 0 Å². The zero-order valence-corrected chi connectivity index (χ0v) is 12.3. The lowest BCUT2D eigenvalue weighted by Crippen LogP contribution is -2.37. The number of hydrogen-bond acceptors (Lipinski definition) is 5. The predicted molar refractivity (Wildman–Crippen MR) is 76.0 cm³/mol. The highest BCUT2D eigenvalue weighted by Gasteiger charge is 2.29. The molecule has 2 aliphatic rings. The van der Waals surface area contributed by atoms with Crippen molar-refractivity contribution in [3.05, 3.63) is 16.5 Å². The van der Waals surface area contributed by atoms with E-state index in [-0.39, 0.29) is 11.9 Å². The number of aromatic nitrogens is 2. The molecule has 2 heterocycles.